The van der Waals surface area contributed by atoms with Crippen molar-refractivity contribution < 1.29 is 19.1 Å². The van der Waals surface area contributed by atoms with Crippen LogP contribution in [0.2, 0.25) is 5.02 Å². The molecule has 1 aliphatic carbocycles. The van der Waals surface area contributed by atoms with Gasteiger partial charge in [0, 0.05) is 10.7 Å². The van der Waals surface area contributed by atoms with Gasteiger partial charge in [-0.25, -0.2) is 9.59 Å². The minimum absolute atomic E-state index is 0.538. The summed E-state index contributed by atoms with van der Waals surface area (Å²) in [5.74, 6) is -0.570. The van der Waals surface area contributed by atoms with Gasteiger partial charge >= 0.3 is 12.1 Å². The number of carbonyl (C=O) groups is 2. The van der Waals surface area contributed by atoms with Crippen molar-refractivity contribution in [2.75, 3.05) is 12.4 Å². The number of rotatable bonds is 4. The summed E-state index contributed by atoms with van der Waals surface area (Å²) in [5, 5.41) is 3.13. The topological polar surface area (TPSA) is 64.6 Å². The molecule has 1 N–H and O–H groups in total. The second kappa shape index (κ2) is 7.84. The standard InChI is InChI=1S/C16H18ClNO4/c1-21-15(19)14(11-5-3-2-4-6-11)22-16(20)18-13-9-7-12(17)8-10-13/h5,7-10,14H,2-4,6H2,1H3,(H,18,20). The zero-order valence-corrected chi connectivity index (χ0v) is 13.1. The van der Waals surface area contributed by atoms with Crippen LogP contribution in [0.1, 0.15) is 25.7 Å². The van der Waals surface area contributed by atoms with Crippen LogP contribution in [0.4, 0.5) is 10.5 Å². The van der Waals surface area contributed by atoms with Crippen LogP contribution in [0, 0.1) is 0 Å². The van der Waals surface area contributed by atoms with Crippen molar-refractivity contribution in [1.29, 1.82) is 0 Å². The summed E-state index contributed by atoms with van der Waals surface area (Å²) < 4.78 is 9.98. The highest BCUT2D eigenvalue weighted by atomic mass is 35.5. The molecule has 1 aromatic carbocycles. The number of hydrogen-bond acceptors (Lipinski definition) is 4. The number of allylic oxidation sites excluding steroid dienone is 1. The van der Waals surface area contributed by atoms with E-state index >= 15 is 0 Å². The van der Waals surface area contributed by atoms with Crippen molar-refractivity contribution in [1.82, 2.24) is 0 Å². The van der Waals surface area contributed by atoms with E-state index in [4.69, 9.17) is 21.1 Å². The molecule has 1 unspecified atom stereocenters. The Kier molecular flexibility index (Phi) is 5.83. The number of anilines is 1. The molecule has 1 aliphatic rings. The van der Waals surface area contributed by atoms with E-state index in [0.717, 1.165) is 31.3 Å². The summed E-state index contributed by atoms with van der Waals surface area (Å²) in [4.78, 5) is 23.8. The van der Waals surface area contributed by atoms with E-state index in [0.29, 0.717) is 10.7 Å². The van der Waals surface area contributed by atoms with Crippen molar-refractivity contribution >= 4 is 29.4 Å². The Morgan fingerprint density at radius 1 is 1.23 bits per heavy atom. The molecule has 0 saturated heterocycles. The average molecular weight is 324 g/mol. The van der Waals surface area contributed by atoms with Gasteiger partial charge in [-0.15, -0.1) is 0 Å². The minimum atomic E-state index is -0.988. The fourth-order valence-electron chi connectivity index (χ4n) is 2.27. The quantitative estimate of drug-likeness (QED) is 0.673. The second-order valence-corrected chi connectivity index (χ2v) is 5.40. The fourth-order valence-corrected chi connectivity index (χ4v) is 2.40. The Bertz CT molecular complexity index is 568. The molecule has 0 heterocycles. The zero-order chi connectivity index (χ0) is 15.9. The Hall–Kier alpha value is -2.01. The maximum absolute atomic E-state index is 12.0. The highest BCUT2D eigenvalue weighted by molar-refractivity contribution is 6.30. The number of amides is 1. The van der Waals surface area contributed by atoms with E-state index < -0.39 is 18.2 Å². The third-order valence-corrected chi connectivity index (χ3v) is 3.65. The third-order valence-electron chi connectivity index (χ3n) is 3.39. The summed E-state index contributed by atoms with van der Waals surface area (Å²) in [6.45, 7) is 0. The molecule has 0 radical (unpaired) electrons. The van der Waals surface area contributed by atoms with Crippen molar-refractivity contribution in [3.63, 3.8) is 0 Å². The van der Waals surface area contributed by atoms with Crippen LogP contribution < -0.4 is 5.32 Å². The fraction of sp³-hybridized carbons (Fsp3) is 0.375. The molecule has 6 heteroatoms. The van der Waals surface area contributed by atoms with E-state index in [-0.39, 0.29) is 0 Å². The van der Waals surface area contributed by atoms with Crippen LogP contribution in [0.15, 0.2) is 35.9 Å². The molecule has 118 valence electrons. The molecule has 0 bridgehead atoms. The van der Waals surface area contributed by atoms with Crippen LogP contribution in [0.25, 0.3) is 0 Å². The monoisotopic (exact) mass is 323 g/mol. The molecule has 0 spiro atoms. The summed E-state index contributed by atoms with van der Waals surface area (Å²) in [5.41, 5.74) is 1.33. The van der Waals surface area contributed by atoms with Gasteiger partial charge in [-0.3, -0.25) is 5.32 Å². The van der Waals surface area contributed by atoms with Gasteiger partial charge in [0.2, 0.25) is 6.10 Å². The molecule has 22 heavy (non-hydrogen) atoms. The lowest BCUT2D eigenvalue weighted by molar-refractivity contribution is -0.148. The van der Waals surface area contributed by atoms with Gasteiger partial charge in [0.05, 0.1) is 7.11 Å². The highest BCUT2D eigenvalue weighted by Gasteiger charge is 2.28. The average Bonchev–Trinajstić information content (AvgIpc) is 2.55. The molecular formula is C16H18ClNO4. The number of methoxy groups -OCH3 is 1. The molecule has 0 aromatic heterocycles. The Morgan fingerprint density at radius 3 is 2.55 bits per heavy atom. The first kappa shape index (κ1) is 16.4. The summed E-state index contributed by atoms with van der Waals surface area (Å²) in [6.07, 6.45) is 3.91. The molecule has 2 rings (SSSR count). The normalized spacial score (nSPS) is 15.5. The van der Waals surface area contributed by atoms with Crippen LogP contribution in [-0.2, 0) is 14.3 Å². The van der Waals surface area contributed by atoms with Gasteiger partial charge in [-0.1, -0.05) is 17.7 Å². The van der Waals surface area contributed by atoms with Crippen LogP contribution >= 0.6 is 11.6 Å². The number of ether oxygens (including phenoxy) is 2. The van der Waals surface area contributed by atoms with E-state index in [1.54, 1.807) is 24.3 Å². The number of nitrogens with one attached hydrogen (secondary N) is 1. The summed E-state index contributed by atoms with van der Waals surface area (Å²) >= 11 is 5.78. The molecule has 0 saturated carbocycles. The van der Waals surface area contributed by atoms with Gasteiger partial charge in [-0.05, 0) is 55.5 Å². The molecule has 0 aliphatic heterocycles. The Balaban J connectivity index is 2.02. The van der Waals surface area contributed by atoms with Crippen molar-refractivity contribution in [3.8, 4) is 0 Å². The van der Waals surface area contributed by atoms with E-state index in [2.05, 4.69) is 5.32 Å². The summed E-state index contributed by atoms with van der Waals surface area (Å²) in [7, 11) is 1.28. The van der Waals surface area contributed by atoms with Crippen LogP contribution in [0.5, 0.6) is 0 Å². The maximum Gasteiger partial charge on any atom is 0.412 e. The van der Waals surface area contributed by atoms with E-state index in [9.17, 15) is 9.59 Å². The van der Waals surface area contributed by atoms with Gasteiger partial charge in [0.15, 0.2) is 0 Å². The Labute approximate surface area is 134 Å². The molecule has 5 nitrogen and oxygen atoms in total. The van der Waals surface area contributed by atoms with Gasteiger partial charge in [0.1, 0.15) is 0 Å². The first-order valence-corrected chi connectivity index (χ1v) is 7.48. The number of esters is 1. The summed E-state index contributed by atoms with van der Waals surface area (Å²) in [6, 6.07) is 6.60. The van der Waals surface area contributed by atoms with Gasteiger partial charge in [0.25, 0.3) is 0 Å². The molecule has 1 atom stereocenters. The lowest BCUT2D eigenvalue weighted by Gasteiger charge is -2.21. The van der Waals surface area contributed by atoms with E-state index in [1.807, 2.05) is 6.08 Å². The predicted octanol–water partition coefficient (Wildman–Crippen LogP) is 3.93. The molecule has 0 fully saturated rings. The van der Waals surface area contributed by atoms with Crippen molar-refractivity contribution in [3.05, 3.63) is 40.9 Å². The van der Waals surface area contributed by atoms with Gasteiger partial charge in [-0.2, -0.15) is 0 Å². The number of carbonyl (C=O) groups excluding carboxylic acids is 2. The zero-order valence-electron chi connectivity index (χ0n) is 12.3. The van der Waals surface area contributed by atoms with Gasteiger partial charge < -0.3 is 9.47 Å². The van der Waals surface area contributed by atoms with Crippen molar-refractivity contribution in [2.45, 2.75) is 31.8 Å². The maximum atomic E-state index is 12.0. The molecule has 1 aromatic rings. The third kappa shape index (κ3) is 4.49. The largest absolute Gasteiger partial charge is 0.466 e. The highest BCUT2D eigenvalue weighted by Crippen LogP contribution is 2.23. The van der Waals surface area contributed by atoms with Crippen LogP contribution in [0.3, 0.4) is 0 Å². The SMILES string of the molecule is COC(=O)C(OC(=O)Nc1ccc(Cl)cc1)C1=CCCCC1. The lowest BCUT2D eigenvalue weighted by Crippen LogP contribution is -2.32. The predicted molar refractivity (Wildman–Crippen MR) is 83.9 cm³/mol. The minimum Gasteiger partial charge on any atom is -0.466 e. The number of hydrogen-bond donors (Lipinski definition) is 1. The Morgan fingerprint density at radius 2 is 1.95 bits per heavy atom. The van der Waals surface area contributed by atoms with E-state index in [1.165, 1.54) is 7.11 Å². The number of benzene rings is 1. The molecule has 1 amide bonds. The van der Waals surface area contributed by atoms with Crippen LogP contribution in [-0.4, -0.2) is 25.3 Å². The lowest BCUT2D eigenvalue weighted by atomic mass is 9.95. The first-order chi connectivity index (χ1) is 10.6. The second-order valence-electron chi connectivity index (χ2n) is 4.97. The smallest absolute Gasteiger partial charge is 0.412 e. The molecular weight excluding hydrogens is 306 g/mol. The number of halogens is 1. The first-order valence-electron chi connectivity index (χ1n) is 7.10. The van der Waals surface area contributed by atoms with Crippen molar-refractivity contribution in [2.24, 2.45) is 0 Å².